The summed E-state index contributed by atoms with van der Waals surface area (Å²) in [5.41, 5.74) is 3.18. The summed E-state index contributed by atoms with van der Waals surface area (Å²) in [6.45, 7) is 0.256. The van der Waals surface area contributed by atoms with Crippen LogP contribution in [0.2, 0.25) is 10.0 Å². The van der Waals surface area contributed by atoms with Crippen LogP contribution in [0, 0.1) is 22.7 Å². The van der Waals surface area contributed by atoms with Gasteiger partial charge in [0.2, 0.25) is 0 Å². The van der Waals surface area contributed by atoms with Gasteiger partial charge in [-0.25, -0.2) is 0 Å². The summed E-state index contributed by atoms with van der Waals surface area (Å²) in [4.78, 5) is 0. The zero-order chi connectivity index (χ0) is 21.5. The fourth-order valence-corrected chi connectivity index (χ4v) is 3.25. The van der Waals surface area contributed by atoms with Gasteiger partial charge in [-0.15, -0.1) is 0 Å². The van der Waals surface area contributed by atoms with E-state index in [1.54, 1.807) is 61.7 Å². The van der Waals surface area contributed by atoms with Gasteiger partial charge >= 0.3 is 0 Å². The van der Waals surface area contributed by atoms with E-state index >= 15 is 0 Å². The molecule has 0 bridgehead atoms. The van der Waals surface area contributed by atoms with Crippen molar-refractivity contribution in [3.05, 3.63) is 93.0 Å². The molecule has 0 radical (unpaired) electrons. The number of benzene rings is 3. The highest BCUT2D eigenvalue weighted by Gasteiger charge is 2.09. The van der Waals surface area contributed by atoms with E-state index < -0.39 is 0 Å². The van der Waals surface area contributed by atoms with Gasteiger partial charge in [0.05, 0.1) is 30.4 Å². The van der Waals surface area contributed by atoms with Crippen molar-refractivity contribution in [2.75, 3.05) is 7.11 Å². The predicted molar refractivity (Wildman–Crippen MR) is 118 cm³/mol. The number of methoxy groups -OCH3 is 1. The number of halogens is 2. The molecular formula is C24H16Cl2N2O2. The van der Waals surface area contributed by atoms with Crippen LogP contribution in [0.3, 0.4) is 0 Å². The molecule has 4 nitrogen and oxygen atoms in total. The lowest BCUT2D eigenvalue weighted by Gasteiger charge is -2.12. The first-order chi connectivity index (χ1) is 14.5. The van der Waals surface area contributed by atoms with Gasteiger partial charge in [0.25, 0.3) is 0 Å². The number of hydrogen-bond acceptors (Lipinski definition) is 4. The molecule has 3 rings (SSSR count). The van der Waals surface area contributed by atoms with E-state index in [0.29, 0.717) is 38.2 Å². The molecule has 0 aliphatic rings. The normalized spacial score (nSPS) is 10.8. The first-order valence-corrected chi connectivity index (χ1v) is 9.66. The molecule has 30 heavy (non-hydrogen) atoms. The molecule has 6 heteroatoms. The molecule has 0 aliphatic carbocycles. The largest absolute Gasteiger partial charge is 0.493 e. The summed E-state index contributed by atoms with van der Waals surface area (Å²) >= 11 is 12.1. The van der Waals surface area contributed by atoms with E-state index in [-0.39, 0.29) is 6.61 Å². The van der Waals surface area contributed by atoms with E-state index in [2.05, 4.69) is 12.1 Å². The van der Waals surface area contributed by atoms with Crippen LogP contribution in [0.25, 0.3) is 11.6 Å². The standard InChI is InChI=1S/C24H16Cl2N2O2/c1-29-24-11-16(9-20(14-28)18-4-2-3-17(10-18)13-27)5-8-23(24)30-15-19-6-7-21(25)12-22(19)26/h2-12H,15H2,1H3/b20-9-. The number of allylic oxidation sites excluding steroid dienone is 1. The lowest BCUT2D eigenvalue weighted by molar-refractivity contribution is 0.284. The van der Waals surface area contributed by atoms with Crippen LogP contribution in [0.4, 0.5) is 0 Å². The summed E-state index contributed by atoms with van der Waals surface area (Å²) in [5, 5.41) is 19.7. The summed E-state index contributed by atoms with van der Waals surface area (Å²) in [7, 11) is 1.55. The highest BCUT2D eigenvalue weighted by Crippen LogP contribution is 2.31. The minimum absolute atomic E-state index is 0.256. The van der Waals surface area contributed by atoms with Crippen LogP contribution in [-0.2, 0) is 6.61 Å². The maximum absolute atomic E-state index is 9.56. The maximum atomic E-state index is 9.56. The second kappa shape index (κ2) is 9.85. The van der Waals surface area contributed by atoms with Gasteiger partial charge in [-0.05, 0) is 53.6 Å². The minimum Gasteiger partial charge on any atom is -0.493 e. The van der Waals surface area contributed by atoms with Crippen molar-refractivity contribution in [2.45, 2.75) is 6.61 Å². The lowest BCUT2D eigenvalue weighted by Crippen LogP contribution is -1.98. The van der Waals surface area contributed by atoms with Crippen molar-refractivity contribution in [1.29, 1.82) is 10.5 Å². The van der Waals surface area contributed by atoms with Gasteiger partial charge < -0.3 is 9.47 Å². The molecule has 3 aromatic rings. The van der Waals surface area contributed by atoms with Crippen molar-refractivity contribution < 1.29 is 9.47 Å². The van der Waals surface area contributed by atoms with E-state index in [1.165, 1.54) is 0 Å². The van der Waals surface area contributed by atoms with E-state index in [0.717, 1.165) is 11.1 Å². The monoisotopic (exact) mass is 434 g/mol. The molecular weight excluding hydrogens is 419 g/mol. The van der Waals surface area contributed by atoms with Crippen molar-refractivity contribution in [3.8, 4) is 23.6 Å². The summed E-state index contributed by atoms with van der Waals surface area (Å²) in [6.07, 6.45) is 1.73. The molecule has 0 heterocycles. The number of hydrogen-bond donors (Lipinski definition) is 0. The second-order valence-corrected chi connectivity index (χ2v) is 7.14. The van der Waals surface area contributed by atoms with Gasteiger partial charge in [0.15, 0.2) is 11.5 Å². The average molecular weight is 435 g/mol. The Labute approximate surface area is 185 Å². The molecule has 3 aromatic carbocycles. The third-order valence-electron chi connectivity index (χ3n) is 4.32. The molecule has 0 fully saturated rings. The number of ether oxygens (including phenoxy) is 2. The van der Waals surface area contributed by atoms with Crippen LogP contribution in [0.15, 0.2) is 60.7 Å². The van der Waals surface area contributed by atoms with Crippen molar-refractivity contribution in [1.82, 2.24) is 0 Å². The quantitative estimate of drug-likeness (QED) is 0.327. The SMILES string of the molecule is COc1cc(/C=C(/C#N)c2cccc(C#N)c2)ccc1OCc1ccc(Cl)cc1Cl. The number of nitrogens with zero attached hydrogens (tertiary/aromatic N) is 2. The van der Waals surface area contributed by atoms with Crippen LogP contribution in [-0.4, -0.2) is 7.11 Å². The van der Waals surface area contributed by atoms with Crippen LogP contribution in [0.5, 0.6) is 11.5 Å². The Morgan fingerprint density at radius 2 is 1.83 bits per heavy atom. The fourth-order valence-electron chi connectivity index (χ4n) is 2.79. The summed E-state index contributed by atoms with van der Waals surface area (Å²) < 4.78 is 11.3. The van der Waals surface area contributed by atoms with Gasteiger partial charge in [0.1, 0.15) is 6.61 Å². The highest BCUT2D eigenvalue weighted by molar-refractivity contribution is 6.35. The molecule has 148 valence electrons. The molecule has 0 atom stereocenters. The highest BCUT2D eigenvalue weighted by atomic mass is 35.5. The van der Waals surface area contributed by atoms with E-state index in [9.17, 15) is 5.26 Å². The summed E-state index contributed by atoms with van der Waals surface area (Å²) in [6, 6.07) is 21.8. The fraction of sp³-hybridized carbons (Fsp3) is 0.0833. The van der Waals surface area contributed by atoms with Gasteiger partial charge in [0, 0.05) is 15.6 Å². The van der Waals surface area contributed by atoms with Gasteiger partial charge in [-0.3, -0.25) is 0 Å². The minimum atomic E-state index is 0.256. The molecule has 0 aliphatic heterocycles. The summed E-state index contributed by atoms with van der Waals surface area (Å²) in [5.74, 6) is 1.07. The molecule has 0 unspecified atom stereocenters. The van der Waals surface area contributed by atoms with Gasteiger partial charge in [-0.1, -0.05) is 47.5 Å². The lowest BCUT2D eigenvalue weighted by atomic mass is 10.0. The Kier molecular flexibility index (Phi) is 6.99. The molecule has 0 spiro atoms. The van der Waals surface area contributed by atoms with Crippen molar-refractivity contribution in [2.24, 2.45) is 0 Å². The number of rotatable bonds is 6. The van der Waals surface area contributed by atoms with Crippen molar-refractivity contribution in [3.63, 3.8) is 0 Å². The van der Waals surface area contributed by atoms with Crippen molar-refractivity contribution >= 4 is 34.9 Å². The third-order valence-corrected chi connectivity index (χ3v) is 4.91. The molecule has 0 amide bonds. The topological polar surface area (TPSA) is 66.0 Å². The Morgan fingerprint density at radius 3 is 2.53 bits per heavy atom. The van der Waals surface area contributed by atoms with E-state index in [4.69, 9.17) is 37.9 Å². The van der Waals surface area contributed by atoms with Gasteiger partial charge in [-0.2, -0.15) is 10.5 Å². The van der Waals surface area contributed by atoms with Crippen LogP contribution < -0.4 is 9.47 Å². The predicted octanol–water partition coefficient (Wildman–Crippen LogP) is 6.52. The number of nitriles is 2. The first-order valence-electron chi connectivity index (χ1n) is 8.91. The first kappa shape index (κ1) is 21.3. The molecule has 0 aromatic heterocycles. The van der Waals surface area contributed by atoms with Crippen LogP contribution >= 0.6 is 23.2 Å². The Balaban J connectivity index is 1.84. The van der Waals surface area contributed by atoms with Crippen LogP contribution in [0.1, 0.15) is 22.3 Å². The smallest absolute Gasteiger partial charge is 0.161 e. The molecule has 0 saturated carbocycles. The van der Waals surface area contributed by atoms with E-state index in [1.807, 2.05) is 12.1 Å². The third kappa shape index (κ3) is 5.13. The molecule has 0 saturated heterocycles. The Morgan fingerprint density at radius 1 is 1.00 bits per heavy atom. The molecule has 0 N–H and O–H groups in total. The Hall–Kier alpha value is -3.44. The zero-order valence-corrected chi connectivity index (χ0v) is 17.5. The second-order valence-electron chi connectivity index (χ2n) is 6.30. The average Bonchev–Trinajstić information content (AvgIpc) is 2.77. The Bertz CT molecular complexity index is 1190. The maximum Gasteiger partial charge on any atom is 0.161 e. The zero-order valence-electron chi connectivity index (χ0n) is 16.0.